The van der Waals surface area contributed by atoms with Crippen LogP contribution in [-0.2, 0) is 0 Å². The summed E-state index contributed by atoms with van der Waals surface area (Å²) in [4.78, 5) is 4.91. The van der Waals surface area contributed by atoms with Gasteiger partial charge < -0.3 is 15.1 Å². The van der Waals surface area contributed by atoms with E-state index in [0.29, 0.717) is 12.0 Å². The maximum Gasteiger partial charge on any atom is 0.0638 e. The molecule has 6 aromatic rings. The quantitative estimate of drug-likeness (QED) is 0.0851. The molecular weight excluding hydrogens is 643 g/mol. The molecule has 1 saturated carbocycles. The number of rotatable bonds is 15. The standard InChI is InChI=1S/C50H56N3/c1-4-6-36-52(41-19-10-8-11-20-41)43-30-26-39(27-31-43)50(40-28-32-44(33-29-40)53(37-7-5-2)42-21-12-9-13-22-42)47-34-35-49(46-24-16-15-23-45(46)47)51-48-25-17-14-18-38(48)3/h8-13,15-16,19-24,26-35,38,48,51H,4-7,14,17-18,25,36-37H2,1-3H3/q+1. The number of unbranched alkanes of at least 4 members (excludes halogenated alkanes) is 2. The van der Waals surface area contributed by atoms with Crippen LogP contribution in [0.1, 0.15) is 88.8 Å². The van der Waals surface area contributed by atoms with Crippen LogP contribution >= 0.6 is 0 Å². The van der Waals surface area contributed by atoms with Gasteiger partial charge in [0.25, 0.3) is 0 Å². The van der Waals surface area contributed by atoms with Gasteiger partial charge in [-0.3, -0.25) is 0 Å². The molecule has 1 N–H and O–H groups in total. The highest BCUT2D eigenvalue weighted by Gasteiger charge is 2.28. The number of anilines is 5. The van der Waals surface area contributed by atoms with E-state index in [2.05, 4.69) is 181 Å². The summed E-state index contributed by atoms with van der Waals surface area (Å²) in [6.07, 6.45) is 9.80. The summed E-state index contributed by atoms with van der Waals surface area (Å²) in [7, 11) is 0. The summed E-state index contributed by atoms with van der Waals surface area (Å²) in [6, 6.07) is 54.4. The van der Waals surface area contributed by atoms with Crippen molar-refractivity contribution in [3.63, 3.8) is 0 Å². The molecule has 0 amide bonds. The lowest BCUT2D eigenvalue weighted by atomic mass is 9.82. The Balaban J connectivity index is 1.30. The molecule has 3 nitrogen and oxygen atoms in total. The lowest BCUT2D eigenvalue weighted by molar-refractivity contribution is 0.350. The van der Waals surface area contributed by atoms with E-state index in [1.807, 2.05) is 0 Å². The number of nitrogens with zero attached hydrogens (tertiary/aromatic N) is 2. The molecular formula is C50H56N3+. The molecule has 1 fully saturated rings. The van der Waals surface area contributed by atoms with Gasteiger partial charge in [-0.05, 0) is 129 Å². The van der Waals surface area contributed by atoms with Crippen molar-refractivity contribution in [2.45, 2.75) is 78.2 Å². The Morgan fingerprint density at radius 2 is 1.00 bits per heavy atom. The predicted molar refractivity (Wildman–Crippen MR) is 229 cm³/mol. The van der Waals surface area contributed by atoms with E-state index in [1.165, 1.54) is 87.5 Å². The van der Waals surface area contributed by atoms with Crippen molar-refractivity contribution in [2.75, 3.05) is 28.2 Å². The number of para-hydroxylation sites is 2. The van der Waals surface area contributed by atoms with E-state index in [1.54, 1.807) is 0 Å². The highest BCUT2D eigenvalue weighted by Crippen LogP contribution is 2.40. The molecule has 1 aliphatic carbocycles. The molecule has 2 unspecified atom stereocenters. The first-order valence-electron chi connectivity index (χ1n) is 20.2. The molecule has 3 heteroatoms. The van der Waals surface area contributed by atoms with Crippen molar-refractivity contribution in [3.8, 4) is 0 Å². The van der Waals surface area contributed by atoms with Crippen molar-refractivity contribution in [1.82, 2.24) is 0 Å². The van der Waals surface area contributed by atoms with Crippen LogP contribution < -0.4 is 15.1 Å². The maximum absolute atomic E-state index is 4.00. The SMILES string of the molecule is CCCCN(c1ccccc1)c1ccc([C+](c2ccc(N(CCCC)c3ccccc3)cc2)c2ccc(NC3CCCCC3C)c3ccccc23)cc1. The predicted octanol–water partition coefficient (Wildman–Crippen LogP) is 13.7. The minimum atomic E-state index is 0.516. The Morgan fingerprint density at radius 1 is 0.528 bits per heavy atom. The molecule has 0 bridgehead atoms. The van der Waals surface area contributed by atoms with Crippen LogP contribution in [0.15, 0.2) is 146 Å². The van der Waals surface area contributed by atoms with E-state index >= 15 is 0 Å². The lowest BCUT2D eigenvalue weighted by Crippen LogP contribution is -2.30. The normalized spacial score (nSPS) is 15.6. The first kappa shape index (κ1) is 36.2. The fraction of sp³-hybridized carbons (Fsp3) is 0.300. The Labute approximate surface area is 318 Å². The minimum Gasteiger partial charge on any atom is -0.381 e. The Morgan fingerprint density at radius 3 is 1.51 bits per heavy atom. The van der Waals surface area contributed by atoms with Crippen LogP contribution in [0.5, 0.6) is 0 Å². The Bertz CT molecular complexity index is 1910. The number of hydrogen-bond acceptors (Lipinski definition) is 3. The largest absolute Gasteiger partial charge is 0.381 e. The summed E-state index contributed by atoms with van der Waals surface area (Å²) in [5.41, 5.74) is 9.89. The molecule has 0 heterocycles. The van der Waals surface area contributed by atoms with E-state index in [0.717, 1.165) is 38.8 Å². The summed E-state index contributed by atoms with van der Waals surface area (Å²) in [5.74, 6) is 1.94. The van der Waals surface area contributed by atoms with Gasteiger partial charge in [-0.25, -0.2) is 0 Å². The topological polar surface area (TPSA) is 18.5 Å². The molecule has 6 aromatic carbocycles. The van der Waals surface area contributed by atoms with E-state index in [9.17, 15) is 0 Å². The second-order valence-corrected chi connectivity index (χ2v) is 14.9. The highest BCUT2D eigenvalue weighted by molar-refractivity contribution is 5.98. The number of benzene rings is 6. The van der Waals surface area contributed by atoms with Crippen molar-refractivity contribution >= 4 is 39.2 Å². The van der Waals surface area contributed by atoms with Crippen molar-refractivity contribution in [3.05, 3.63) is 168 Å². The molecule has 270 valence electrons. The third-order valence-electron chi connectivity index (χ3n) is 11.2. The molecule has 7 rings (SSSR count). The molecule has 0 aliphatic heterocycles. The van der Waals surface area contributed by atoms with E-state index < -0.39 is 0 Å². The van der Waals surface area contributed by atoms with Crippen LogP contribution in [0.25, 0.3) is 10.8 Å². The maximum atomic E-state index is 4.00. The van der Waals surface area contributed by atoms with Crippen molar-refractivity contribution in [1.29, 1.82) is 0 Å². The fourth-order valence-corrected chi connectivity index (χ4v) is 8.13. The third kappa shape index (κ3) is 8.41. The molecule has 1 aliphatic rings. The molecule has 0 radical (unpaired) electrons. The molecule has 2 atom stereocenters. The van der Waals surface area contributed by atoms with Gasteiger partial charge in [0.15, 0.2) is 0 Å². The summed E-state index contributed by atoms with van der Waals surface area (Å²) in [5, 5.41) is 6.58. The smallest absolute Gasteiger partial charge is 0.0638 e. The van der Waals surface area contributed by atoms with Crippen LogP contribution in [0.4, 0.5) is 28.4 Å². The van der Waals surface area contributed by atoms with Crippen LogP contribution in [0.2, 0.25) is 0 Å². The summed E-state index contributed by atoms with van der Waals surface area (Å²) >= 11 is 0. The van der Waals surface area contributed by atoms with Gasteiger partial charge in [0.2, 0.25) is 0 Å². The third-order valence-corrected chi connectivity index (χ3v) is 11.2. The average Bonchev–Trinajstić information content (AvgIpc) is 3.21. The second-order valence-electron chi connectivity index (χ2n) is 14.9. The van der Waals surface area contributed by atoms with Gasteiger partial charge in [0.1, 0.15) is 0 Å². The molecule has 0 spiro atoms. The first-order valence-corrected chi connectivity index (χ1v) is 20.2. The van der Waals surface area contributed by atoms with Crippen LogP contribution in [0, 0.1) is 11.8 Å². The lowest BCUT2D eigenvalue weighted by Gasteiger charge is -2.31. The van der Waals surface area contributed by atoms with Gasteiger partial charge in [-0.1, -0.05) is 95.0 Å². The van der Waals surface area contributed by atoms with Crippen molar-refractivity contribution < 1.29 is 0 Å². The van der Waals surface area contributed by atoms with E-state index in [4.69, 9.17) is 0 Å². The van der Waals surface area contributed by atoms with Gasteiger partial charge in [-0.15, -0.1) is 0 Å². The average molecular weight is 699 g/mol. The van der Waals surface area contributed by atoms with Crippen molar-refractivity contribution in [2.24, 2.45) is 5.92 Å². The molecule has 0 aromatic heterocycles. The second kappa shape index (κ2) is 17.6. The zero-order valence-electron chi connectivity index (χ0n) is 32.0. The summed E-state index contributed by atoms with van der Waals surface area (Å²) in [6.45, 7) is 8.93. The number of nitrogens with one attached hydrogen (secondary N) is 1. The van der Waals surface area contributed by atoms with E-state index in [-0.39, 0.29) is 0 Å². The number of hydrogen-bond donors (Lipinski definition) is 1. The Hall–Kier alpha value is -5.15. The summed E-state index contributed by atoms with van der Waals surface area (Å²) < 4.78 is 0. The highest BCUT2D eigenvalue weighted by atomic mass is 15.1. The van der Waals surface area contributed by atoms with Gasteiger partial charge in [0, 0.05) is 41.3 Å². The minimum absolute atomic E-state index is 0.516. The fourth-order valence-electron chi connectivity index (χ4n) is 8.13. The van der Waals surface area contributed by atoms with Crippen LogP contribution in [-0.4, -0.2) is 19.1 Å². The monoisotopic (exact) mass is 698 g/mol. The Kier molecular flexibility index (Phi) is 12.0. The van der Waals surface area contributed by atoms with Gasteiger partial charge >= 0.3 is 0 Å². The molecule has 0 saturated heterocycles. The zero-order chi connectivity index (χ0) is 36.4. The van der Waals surface area contributed by atoms with Crippen LogP contribution in [0.3, 0.4) is 0 Å². The molecule has 53 heavy (non-hydrogen) atoms. The first-order chi connectivity index (χ1) is 26.1. The van der Waals surface area contributed by atoms with Gasteiger partial charge in [0.05, 0.1) is 39.7 Å². The zero-order valence-corrected chi connectivity index (χ0v) is 32.0. The van der Waals surface area contributed by atoms with Gasteiger partial charge in [-0.2, -0.15) is 0 Å². The number of fused-ring (bicyclic) bond motifs is 1.